The van der Waals surface area contributed by atoms with Crippen LogP contribution in [0, 0.1) is 17.6 Å². The molecule has 150 valence electrons. The van der Waals surface area contributed by atoms with Gasteiger partial charge in [0.25, 0.3) is 0 Å². The molecule has 0 saturated carbocycles. The average Bonchev–Trinajstić information content (AvgIpc) is 2.71. The van der Waals surface area contributed by atoms with Crippen molar-refractivity contribution in [2.24, 2.45) is 5.92 Å². The lowest BCUT2D eigenvalue weighted by atomic mass is 10.0. The van der Waals surface area contributed by atoms with E-state index in [1.165, 1.54) is 25.0 Å². The summed E-state index contributed by atoms with van der Waals surface area (Å²) in [5.41, 5.74) is 0. The van der Waals surface area contributed by atoms with Crippen molar-refractivity contribution < 1.29 is 13.5 Å². The van der Waals surface area contributed by atoms with Gasteiger partial charge >= 0.3 is 0 Å². The third-order valence-corrected chi connectivity index (χ3v) is 5.57. The molecule has 2 saturated heterocycles. The second-order valence-corrected chi connectivity index (χ2v) is 7.81. The maximum absolute atomic E-state index is 13.8. The zero-order valence-corrected chi connectivity index (χ0v) is 16.2. The Morgan fingerprint density at radius 1 is 0.964 bits per heavy atom. The topological polar surface area (TPSA) is 41.5 Å². The fourth-order valence-electron chi connectivity index (χ4n) is 4.03. The van der Waals surface area contributed by atoms with Crippen LogP contribution < -0.4 is 14.5 Å². The van der Waals surface area contributed by atoms with Crippen molar-refractivity contribution in [1.29, 1.82) is 0 Å². The molecule has 1 atom stereocenters. The highest BCUT2D eigenvalue weighted by atomic mass is 19.1. The SMILES string of the molecule is CC1CCCN(c2cc(N3CCC(Oc4ccc(F)cc4F)CC3)ncn2)C1. The summed E-state index contributed by atoms with van der Waals surface area (Å²) in [6, 6.07) is 5.50. The highest BCUT2D eigenvalue weighted by Gasteiger charge is 2.24. The summed E-state index contributed by atoms with van der Waals surface area (Å²) in [6.07, 6.45) is 5.55. The summed E-state index contributed by atoms with van der Waals surface area (Å²) in [4.78, 5) is 13.5. The van der Waals surface area contributed by atoms with Gasteiger partial charge in [0.2, 0.25) is 0 Å². The van der Waals surface area contributed by atoms with E-state index in [2.05, 4.69) is 32.8 Å². The van der Waals surface area contributed by atoms with Crippen LogP contribution in [0.3, 0.4) is 0 Å². The predicted molar refractivity (Wildman–Crippen MR) is 105 cm³/mol. The lowest BCUT2D eigenvalue weighted by Crippen LogP contribution is -2.39. The van der Waals surface area contributed by atoms with Gasteiger partial charge in [0.15, 0.2) is 11.6 Å². The lowest BCUT2D eigenvalue weighted by Gasteiger charge is -2.34. The molecule has 28 heavy (non-hydrogen) atoms. The number of hydrogen-bond donors (Lipinski definition) is 0. The van der Waals surface area contributed by atoms with Gasteiger partial charge in [-0.2, -0.15) is 0 Å². The van der Waals surface area contributed by atoms with Crippen molar-refractivity contribution in [2.75, 3.05) is 36.0 Å². The van der Waals surface area contributed by atoms with Crippen molar-refractivity contribution in [3.05, 3.63) is 42.2 Å². The van der Waals surface area contributed by atoms with E-state index in [-0.39, 0.29) is 11.9 Å². The molecular formula is C21H26F2N4O. The largest absolute Gasteiger partial charge is 0.487 e. The van der Waals surface area contributed by atoms with Crippen LogP contribution in [0.4, 0.5) is 20.4 Å². The molecule has 0 aliphatic carbocycles. The van der Waals surface area contributed by atoms with Gasteiger partial charge in [-0.3, -0.25) is 0 Å². The quantitative estimate of drug-likeness (QED) is 0.791. The van der Waals surface area contributed by atoms with E-state index in [9.17, 15) is 8.78 Å². The van der Waals surface area contributed by atoms with Crippen molar-refractivity contribution in [3.8, 4) is 5.75 Å². The molecule has 1 unspecified atom stereocenters. The van der Waals surface area contributed by atoms with Gasteiger partial charge in [-0.25, -0.2) is 18.7 Å². The highest BCUT2D eigenvalue weighted by molar-refractivity contribution is 5.50. The van der Waals surface area contributed by atoms with Gasteiger partial charge in [-0.05, 0) is 30.9 Å². The van der Waals surface area contributed by atoms with E-state index >= 15 is 0 Å². The Bertz CT molecular complexity index is 811. The summed E-state index contributed by atoms with van der Waals surface area (Å²) in [7, 11) is 0. The molecule has 0 amide bonds. The first-order valence-electron chi connectivity index (χ1n) is 10.0. The van der Waals surface area contributed by atoms with Gasteiger partial charge in [0.1, 0.15) is 29.9 Å². The molecule has 0 bridgehead atoms. The number of rotatable bonds is 4. The van der Waals surface area contributed by atoms with Crippen molar-refractivity contribution in [1.82, 2.24) is 9.97 Å². The van der Waals surface area contributed by atoms with Gasteiger partial charge < -0.3 is 14.5 Å². The maximum atomic E-state index is 13.8. The summed E-state index contributed by atoms with van der Waals surface area (Å²) in [5, 5.41) is 0. The van der Waals surface area contributed by atoms with E-state index in [0.717, 1.165) is 56.7 Å². The zero-order chi connectivity index (χ0) is 19.5. The van der Waals surface area contributed by atoms with Crippen LogP contribution in [0.5, 0.6) is 5.75 Å². The predicted octanol–water partition coefficient (Wildman–Crippen LogP) is 4.04. The van der Waals surface area contributed by atoms with Gasteiger partial charge in [0.05, 0.1) is 0 Å². The van der Waals surface area contributed by atoms with E-state index < -0.39 is 11.6 Å². The fourth-order valence-corrected chi connectivity index (χ4v) is 4.03. The summed E-state index contributed by atoms with van der Waals surface area (Å²) in [6.45, 7) is 5.92. The molecular weight excluding hydrogens is 362 g/mol. The Hall–Kier alpha value is -2.44. The Kier molecular flexibility index (Phi) is 5.59. The Morgan fingerprint density at radius 3 is 2.43 bits per heavy atom. The van der Waals surface area contributed by atoms with E-state index in [4.69, 9.17) is 4.74 Å². The molecule has 5 nitrogen and oxygen atoms in total. The molecule has 3 heterocycles. The number of benzene rings is 1. The Morgan fingerprint density at radius 2 is 1.71 bits per heavy atom. The third-order valence-electron chi connectivity index (χ3n) is 5.57. The smallest absolute Gasteiger partial charge is 0.167 e. The van der Waals surface area contributed by atoms with Gasteiger partial charge in [-0.15, -0.1) is 0 Å². The van der Waals surface area contributed by atoms with Crippen LogP contribution in [-0.2, 0) is 0 Å². The molecule has 0 N–H and O–H groups in total. The first-order chi connectivity index (χ1) is 13.6. The first kappa shape index (κ1) is 18.9. The molecule has 0 radical (unpaired) electrons. The third kappa shape index (κ3) is 4.34. The number of nitrogens with zero attached hydrogens (tertiary/aromatic N) is 4. The molecule has 2 aliphatic rings. The normalized spacial score (nSPS) is 21.0. The molecule has 0 spiro atoms. The molecule has 2 aromatic rings. The molecule has 1 aromatic carbocycles. The standard InChI is InChI=1S/C21H26F2N4O/c1-15-3-2-8-27(13-15)21-12-20(24-14-25-21)26-9-6-17(7-10-26)28-19-5-4-16(22)11-18(19)23/h4-5,11-12,14-15,17H,2-3,6-10,13H2,1H3. The van der Waals surface area contributed by atoms with Gasteiger partial charge in [-0.1, -0.05) is 6.92 Å². The molecule has 2 fully saturated rings. The minimum atomic E-state index is -0.654. The Balaban J connectivity index is 1.36. The zero-order valence-electron chi connectivity index (χ0n) is 16.2. The number of ether oxygens (including phenoxy) is 1. The molecule has 2 aliphatic heterocycles. The minimum absolute atomic E-state index is 0.0829. The monoisotopic (exact) mass is 388 g/mol. The number of anilines is 2. The van der Waals surface area contributed by atoms with E-state index in [1.807, 2.05) is 0 Å². The van der Waals surface area contributed by atoms with E-state index in [0.29, 0.717) is 5.92 Å². The van der Waals surface area contributed by atoms with Crippen LogP contribution in [0.25, 0.3) is 0 Å². The van der Waals surface area contributed by atoms with Crippen LogP contribution in [-0.4, -0.2) is 42.3 Å². The fraction of sp³-hybridized carbons (Fsp3) is 0.524. The number of aromatic nitrogens is 2. The van der Waals surface area contributed by atoms with E-state index in [1.54, 1.807) is 6.33 Å². The van der Waals surface area contributed by atoms with Crippen molar-refractivity contribution >= 4 is 11.6 Å². The Labute approximate surface area is 164 Å². The number of piperidine rings is 2. The average molecular weight is 388 g/mol. The summed E-state index contributed by atoms with van der Waals surface area (Å²) in [5.74, 6) is 1.47. The van der Waals surface area contributed by atoms with Crippen LogP contribution >= 0.6 is 0 Å². The minimum Gasteiger partial charge on any atom is -0.487 e. The molecule has 4 rings (SSSR count). The van der Waals surface area contributed by atoms with Gasteiger partial charge in [0, 0.05) is 51.2 Å². The highest BCUT2D eigenvalue weighted by Crippen LogP contribution is 2.27. The number of halogens is 2. The van der Waals surface area contributed by atoms with Crippen molar-refractivity contribution in [2.45, 2.75) is 38.7 Å². The number of hydrogen-bond acceptors (Lipinski definition) is 5. The molecule has 7 heteroatoms. The second kappa shape index (κ2) is 8.29. The van der Waals surface area contributed by atoms with Crippen molar-refractivity contribution in [3.63, 3.8) is 0 Å². The molecule has 1 aromatic heterocycles. The van der Waals surface area contributed by atoms with Crippen LogP contribution in [0.1, 0.15) is 32.6 Å². The maximum Gasteiger partial charge on any atom is 0.167 e. The van der Waals surface area contributed by atoms with Crippen LogP contribution in [0.15, 0.2) is 30.6 Å². The summed E-state index contributed by atoms with van der Waals surface area (Å²) < 4.78 is 32.6. The second-order valence-electron chi connectivity index (χ2n) is 7.81. The van der Waals surface area contributed by atoms with Crippen LogP contribution in [0.2, 0.25) is 0 Å². The first-order valence-corrected chi connectivity index (χ1v) is 10.0. The lowest BCUT2D eigenvalue weighted by molar-refractivity contribution is 0.163. The summed E-state index contributed by atoms with van der Waals surface area (Å²) >= 11 is 0.